The lowest BCUT2D eigenvalue weighted by Crippen LogP contribution is -2.09. The predicted octanol–water partition coefficient (Wildman–Crippen LogP) is 11.6. The molecule has 0 saturated carbocycles. The molecule has 5 aromatic carbocycles. The summed E-state index contributed by atoms with van der Waals surface area (Å²) >= 11 is 0. The summed E-state index contributed by atoms with van der Waals surface area (Å²) in [6, 6.07) is 45.0. The fourth-order valence-corrected chi connectivity index (χ4v) is 4.75. The van der Waals surface area contributed by atoms with E-state index in [0.29, 0.717) is 0 Å². The summed E-state index contributed by atoms with van der Waals surface area (Å²) in [7, 11) is 0. The number of para-hydroxylation sites is 1. The zero-order chi connectivity index (χ0) is 29.1. The Morgan fingerprint density at radius 1 is 0.524 bits per heavy atom. The van der Waals surface area contributed by atoms with Crippen LogP contribution < -0.4 is 4.90 Å². The maximum atomic E-state index is 4.27. The van der Waals surface area contributed by atoms with Crippen molar-refractivity contribution in [1.29, 1.82) is 0 Å². The average Bonchev–Trinajstić information content (AvgIpc) is 3.02. The normalized spacial score (nSPS) is 11.5. The number of hydrogen-bond donors (Lipinski definition) is 0. The van der Waals surface area contributed by atoms with Gasteiger partial charge in [-0.15, -0.1) is 0 Å². The fourth-order valence-electron chi connectivity index (χ4n) is 4.75. The smallest absolute Gasteiger partial charge is 0.0462 e. The van der Waals surface area contributed by atoms with Crippen LogP contribution >= 0.6 is 0 Å². The minimum absolute atomic E-state index is 0.823. The number of rotatable bonds is 10. The summed E-state index contributed by atoms with van der Waals surface area (Å²) in [6.45, 7) is 8.48. The Morgan fingerprint density at radius 3 is 1.48 bits per heavy atom. The topological polar surface area (TPSA) is 3.24 Å². The number of benzene rings is 5. The lowest BCUT2D eigenvalue weighted by atomic mass is 10.0. The molecule has 0 aliphatic carbocycles. The van der Waals surface area contributed by atoms with Gasteiger partial charge in [0.15, 0.2) is 0 Å². The van der Waals surface area contributed by atoms with Crippen LogP contribution in [0.4, 0.5) is 17.1 Å². The molecule has 0 amide bonds. The Bertz CT molecular complexity index is 1670. The van der Waals surface area contributed by atoms with Gasteiger partial charge in [0.25, 0.3) is 0 Å². The second-order valence-corrected chi connectivity index (χ2v) is 10.6. The molecule has 0 heterocycles. The first-order valence-corrected chi connectivity index (χ1v) is 14.4. The lowest BCUT2D eigenvalue weighted by Gasteiger charge is -2.25. The predicted molar refractivity (Wildman–Crippen MR) is 184 cm³/mol. The molecule has 0 atom stereocenters. The second-order valence-electron chi connectivity index (χ2n) is 10.6. The molecule has 0 fully saturated rings. The molecule has 0 aliphatic heterocycles. The quantitative estimate of drug-likeness (QED) is 0.158. The SMILES string of the molecule is C=C(C/C=C/c1ccc(N(c2ccccc2)c2ccc(/C=C/C=C/c3ccc(C)cc3)cc2)cc1)c1ccc(C)cc1. The first kappa shape index (κ1) is 28.4. The van der Waals surface area contributed by atoms with E-state index in [4.69, 9.17) is 0 Å². The zero-order valence-corrected chi connectivity index (χ0v) is 24.4. The highest BCUT2D eigenvalue weighted by Crippen LogP contribution is 2.34. The number of hydrogen-bond acceptors (Lipinski definition) is 1. The van der Waals surface area contributed by atoms with Crippen LogP contribution in [-0.2, 0) is 0 Å². The number of anilines is 3. The van der Waals surface area contributed by atoms with Gasteiger partial charge < -0.3 is 4.90 Å². The Hall–Kier alpha value is -5.14. The van der Waals surface area contributed by atoms with Crippen molar-refractivity contribution < 1.29 is 0 Å². The Kier molecular flexibility index (Phi) is 9.44. The van der Waals surface area contributed by atoms with Crippen LogP contribution in [0.1, 0.15) is 39.8 Å². The van der Waals surface area contributed by atoms with Crippen molar-refractivity contribution in [2.24, 2.45) is 0 Å². The molecule has 0 saturated heterocycles. The highest BCUT2D eigenvalue weighted by Gasteiger charge is 2.11. The van der Waals surface area contributed by atoms with Crippen LogP contribution in [-0.4, -0.2) is 0 Å². The van der Waals surface area contributed by atoms with Crippen LogP contribution in [0.2, 0.25) is 0 Å². The molecule has 42 heavy (non-hydrogen) atoms. The minimum atomic E-state index is 0.823. The maximum Gasteiger partial charge on any atom is 0.0462 e. The molecule has 0 unspecified atom stereocenters. The van der Waals surface area contributed by atoms with Gasteiger partial charge in [0.1, 0.15) is 0 Å². The van der Waals surface area contributed by atoms with Crippen LogP contribution in [0.5, 0.6) is 0 Å². The van der Waals surface area contributed by atoms with Crippen molar-refractivity contribution in [2.75, 3.05) is 4.90 Å². The molecule has 5 rings (SSSR count). The zero-order valence-electron chi connectivity index (χ0n) is 24.4. The molecule has 1 nitrogen and oxygen atoms in total. The van der Waals surface area contributed by atoms with E-state index in [0.717, 1.165) is 34.6 Å². The van der Waals surface area contributed by atoms with E-state index in [1.165, 1.54) is 27.8 Å². The van der Waals surface area contributed by atoms with Crippen LogP contribution in [0.3, 0.4) is 0 Å². The van der Waals surface area contributed by atoms with Crippen molar-refractivity contribution in [3.63, 3.8) is 0 Å². The van der Waals surface area contributed by atoms with Gasteiger partial charge in [0, 0.05) is 17.1 Å². The van der Waals surface area contributed by atoms with Crippen molar-refractivity contribution in [3.8, 4) is 0 Å². The molecule has 0 bridgehead atoms. The largest absolute Gasteiger partial charge is 0.311 e. The molecule has 1 heteroatoms. The Morgan fingerprint density at radius 2 is 0.952 bits per heavy atom. The van der Waals surface area contributed by atoms with E-state index >= 15 is 0 Å². The summed E-state index contributed by atoms with van der Waals surface area (Å²) in [6.07, 6.45) is 13.6. The van der Waals surface area contributed by atoms with Crippen molar-refractivity contribution >= 4 is 40.9 Å². The summed E-state index contributed by atoms with van der Waals surface area (Å²) in [4.78, 5) is 2.29. The summed E-state index contributed by atoms with van der Waals surface area (Å²) in [5, 5.41) is 0. The summed E-state index contributed by atoms with van der Waals surface area (Å²) in [5.41, 5.74) is 11.7. The third-order valence-corrected chi connectivity index (χ3v) is 7.22. The van der Waals surface area contributed by atoms with Gasteiger partial charge in [0.05, 0.1) is 0 Å². The van der Waals surface area contributed by atoms with E-state index in [1.807, 2.05) is 0 Å². The molecular formula is C41H37N. The maximum absolute atomic E-state index is 4.27. The molecule has 0 aromatic heterocycles. The molecule has 206 valence electrons. The number of allylic oxidation sites excluding steroid dienone is 4. The monoisotopic (exact) mass is 543 g/mol. The van der Waals surface area contributed by atoms with Gasteiger partial charge >= 0.3 is 0 Å². The van der Waals surface area contributed by atoms with Gasteiger partial charge in [0.2, 0.25) is 0 Å². The van der Waals surface area contributed by atoms with Crippen LogP contribution in [0, 0.1) is 13.8 Å². The van der Waals surface area contributed by atoms with Gasteiger partial charge in [-0.2, -0.15) is 0 Å². The Balaban J connectivity index is 1.28. The molecule has 0 N–H and O–H groups in total. The van der Waals surface area contributed by atoms with E-state index in [1.54, 1.807) is 0 Å². The number of nitrogens with zero attached hydrogens (tertiary/aromatic N) is 1. The van der Waals surface area contributed by atoms with Gasteiger partial charge in [-0.05, 0) is 84.5 Å². The molecule has 0 spiro atoms. The lowest BCUT2D eigenvalue weighted by molar-refractivity contribution is 1.28. The summed E-state index contributed by atoms with van der Waals surface area (Å²) in [5.74, 6) is 0. The second kappa shape index (κ2) is 14.0. The molecular weight excluding hydrogens is 506 g/mol. The van der Waals surface area contributed by atoms with E-state index in [-0.39, 0.29) is 0 Å². The molecule has 0 aliphatic rings. The van der Waals surface area contributed by atoms with E-state index in [2.05, 4.69) is 189 Å². The average molecular weight is 544 g/mol. The first-order chi connectivity index (χ1) is 20.5. The third-order valence-electron chi connectivity index (χ3n) is 7.22. The standard InChI is InChI=1S/C41H37N/c1-32-16-20-35(21-17-32)11-7-8-12-36-22-28-40(29-23-36)42(39-14-5-4-6-15-39)41-30-24-37(25-31-41)13-9-10-34(3)38-26-18-33(2)19-27-38/h4-9,11-31H,3,10H2,1-2H3/b11-7+,12-8+,13-9+. The minimum Gasteiger partial charge on any atom is -0.311 e. The van der Waals surface area contributed by atoms with Gasteiger partial charge in [-0.3, -0.25) is 0 Å². The van der Waals surface area contributed by atoms with Crippen LogP contribution in [0.15, 0.2) is 152 Å². The Labute approximate surface area is 251 Å². The van der Waals surface area contributed by atoms with Gasteiger partial charge in [-0.25, -0.2) is 0 Å². The highest BCUT2D eigenvalue weighted by molar-refractivity contribution is 5.78. The molecule has 5 aromatic rings. The van der Waals surface area contributed by atoms with E-state index in [9.17, 15) is 0 Å². The van der Waals surface area contributed by atoms with Gasteiger partial charge in [-0.1, -0.05) is 145 Å². The van der Waals surface area contributed by atoms with Crippen molar-refractivity contribution in [1.82, 2.24) is 0 Å². The van der Waals surface area contributed by atoms with E-state index < -0.39 is 0 Å². The summed E-state index contributed by atoms with van der Waals surface area (Å²) < 4.78 is 0. The fraction of sp³-hybridized carbons (Fsp3) is 0.0732. The number of aryl methyl sites for hydroxylation is 2. The van der Waals surface area contributed by atoms with Crippen LogP contribution in [0.25, 0.3) is 23.8 Å². The van der Waals surface area contributed by atoms with Crippen molar-refractivity contribution in [3.05, 3.63) is 186 Å². The third kappa shape index (κ3) is 7.74. The highest BCUT2D eigenvalue weighted by atomic mass is 15.1. The molecule has 0 radical (unpaired) electrons. The first-order valence-electron chi connectivity index (χ1n) is 14.4. The van der Waals surface area contributed by atoms with Crippen molar-refractivity contribution in [2.45, 2.75) is 20.3 Å².